The van der Waals surface area contributed by atoms with Crippen LogP contribution < -0.4 is 10.2 Å². The zero-order valence-corrected chi connectivity index (χ0v) is 14.3. The molecule has 22 heavy (non-hydrogen) atoms. The molecule has 1 saturated heterocycles. The molecule has 118 valence electrons. The Labute approximate surface area is 133 Å². The minimum absolute atomic E-state index is 0.384. The summed E-state index contributed by atoms with van der Waals surface area (Å²) in [5.41, 5.74) is 0.631. The van der Waals surface area contributed by atoms with Gasteiger partial charge in [0.25, 0.3) is 0 Å². The van der Waals surface area contributed by atoms with Crippen molar-refractivity contribution in [1.29, 1.82) is 5.26 Å². The predicted molar refractivity (Wildman–Crippen MR) is 87.2 cm³/mol. The van der Waals surface area contributed by atoms with E-state index in [1.165, 1.54) is 0 Å². The van der Waals surface area contributed by atoms with Gasteiger partial charge in [-0.15, -0.1) is 0 Å². The van der Waals surface area contributed by atoms with Crippen LogP contribution in [0.3, 0.4) is 0 Å². The van der Waals surface area contributed by atoms with Crippen LogP contribution in [0.2, 0.25) is 0 Å². The zero-order valence-electron chi connectivity index (χ0n) is 14.3. The van der Waals surface area contributed by atoms with Crippen LogP contribution >= 0.6 is 0 Å². The summed E-state index contributed by atoms with van der Waals surface area (Å²) in [4.78, 5) is 0. The minimum atomic E-state index is -0.445. The molecule has 1 aromatic rings. The molecule has 0 bridgehead atoms. The van der Waals surface area contributed by atoms with Crippen LogP contribution in [-0.4, -0.2) is 24.9 Å². The molecule has 0 aliphatic carbocycles. The molecule has 1 aromatic carbocycles. The summed E-state index contributed by atoms with van der Waals surface area (Å²) in [6.07, 6.45) is 0. The topological polar surface area (TPSA) is 51.5 Å². The Balaban J connectivity index is 2.26. The maximum absolute atomic E-state index is 9.21. The Hall–Kier alpha value is -1.51. The first-order chi connectivity index (χ1) is 10.2. The van der Waals surface area contributed by atoms with Crippen molar-refractivity contribution in [2.24, 2.45) is 5.92 Å². The van der Waals surface area contributed by atoms with Gasteiger partial charge in [-0.25, -0.2) is 0 Å². The Morgan fingerprint density at radius 2 is 1.77 bits per heavy atom. The van der Waals surface area contributed by atoms with Gasteiger partial charge in [0.15, 0.2) is 0 Å². The van der Waals surface area contributed by atoms with Crippen molar-refractivity contribution in [3.63, 3.8) is 0 Å². The highest BCUT2D eigenvalue weighted by Crippen LogP contribution is 2.36. The summed E-state index contributed by atoms with van der Waals surface area (Å²) in [6, 6.07) is 7.64. The summed E-state index contributed by atoms with van der Waals surface area (Å²) >= 11 is 0. The molecule has 1 heterocycles. The van der Waals surface area contributed by atoms with Crippen LogP contribution in [-0.2, 0) is 9.31 Å². The van der Waals surface area contributed by atoms with Crippen molar-refractivity contribution in [2.75, 3.05) is 6.61 Å². The van der Waals surface area contributed by atoms with Crippen molar-refractivity contribution in [3.05, 3.63) is 23.8 Å². The molecular weight excluding hydrogens is 277 g/mol. The van der Waals surface area contributed by atoms with Gasteiger partial charge >= 0.3 is 7.12 Å². The average molecular weight is 301 g/mol. The molecule has 0 amide bonds. The van der Waals surface area contributed by atoms with Crippen molar-refractivity contribution in [1.82, 2.24) is 0 Å². The fourth-order valence-electron chi connectivity index (χ4n) is 2.13. The highest BCUT2D eigenvalue weighted by Gasteiger charge is 2.51. The molecule has 4 nitrogen and oxygen atoms in total. The van der Waals surface area contributed by atoms with E-state index < -0.39 is 7.12 Å². The number of benzene rings is 1. The molecule has 0 radical (unpaired) electrons. The lowest BCUT2D eigenvalue weighted by atomic mass is 9.78. The van der Waals surface area contributed by atoms with E-state index in [0.717, 1.165) is 5.46 Å². The Morgan fingerprint density at radius 3 is 2.27 bits per heavy atom. The Morgan fingerprint density at radius 1 is 1.18 bits per heavy atom. The Kier molecular flexibility index (Phi) is 4.55. The van der Waals surface area contributed by atoms with E-state index >= 15 is 0 Å². The van der Waals surface area contributed by atoms with Gasteiger partial charge in [0.2, 0.25) is 0 Å². The van der Waals surface area contributed by atoms with E-state index in [1.54, 1.807) is 6.07 Å². The largest absolute Gasteiger partial charge is 0.494 e. The van der Waals surface area contributed by atoms with Crippen LogP contribution in [0.25, 0.3) is 0 Å². The maximum Gasteiger partial charge on any atom is 0.494 e. The minimum Gasteiger partial charge on any atom is -0.492 e. The number of rotatable bonds is 4. The lowest BCUT2D eigenvalue weighted by molar-refractivity contribution is 0.00578. The highest BCUT2D eigenvalue weighted by atomic mass is 16.7. The number of nitrogens with zero attached hydrogens (tertiary/aromatic N) is 1. The van der Waals surface area contributed by atoms with E-state index in [2.05, 4.69) is 19.9 Å². The van der Waals surface area contributed by atoms with Gasteiger partial charge in [0, 0.05) is 0 Å². The number of hydrogen-bond acceptors (Lipinski definition) is 4. The van der Waals surface area contributed by atoms with Crippen LogP contribution in [0.4, 0.5) is 0 Å². The maximum atomic E-state index is 9.21. The molecule has 2 rings (SSSR count). The predicted octanol–water partition coefficient (Wildman–Crippen LogP) is 2.89. The van der Waals surface area contributed by atoms with Gasteiger partial charge in [0.05, 0.1) is 23.4 Å². The Bertz CT molecular complexity index is 574. The third kappa shape index (κ3) is 3.29. The van der Waals surface area contributed by atoms with Gasteiger partial charge in [-0.3, -0.25) is 0 Å². The summed E-state index contributed by atoms with van der Waals surface area (Å²) in [5.74, 6) is 0.982. The fourth-order valence-corrected chi connectivity index (χ4v) is 2.13. The van der Waals surface area contributed by atoms with Crippen molar-refractivity contribution < 1.29 is 14.0 Å². The molecule has 0 spiro atoms. The summed E-state index contributed by atoms with van der Waals surface area (Å²) in [6.45, 7) is 12.8. The van der Waals surface area contributed by atoms with Gasteiger partial charge in [-0.2, -0.15) is 5.26 Å². The molecule has 1 aliphatic heterocycles. The summed E-state index contributed by atoms with van der Waals surface area (Å²) < 4.78 is 17.8. The molecule has 0 N–H and O–H groups in total. The molecule has 1 aliphatic rings. The van der Waals surface area contributed by atoms with E-state index in [0.29, 0.717) is 23.8 Å². The van der Waals surface area contributed by atoms with Gasteiger partial charge in [-0.1, -0.05) is 19.9 Å². The second-order valence-corrected chi connectivity index (χ2v) is 7.16. The second kappa shape index (κ2) is 5.94. The molecular formula is C17H24BNO3. The summed E-state index contributed by atoms with van der Waals surface area (Å²) in [7, 11) is -0.445. The SMILES string of the molecule is CC(C)COc1cc(B2OC(C)(C)C(C)(C)O2)ccc1C#N. The van der Waals surface area contributed by atoms with E-state index in [4.69, 9.17) is 14.0 Å². The quantitative estimate of drug-likeness (QED) is 0.802. The van der Waals surface area contributed by atoms with Crippen LogP contribution in [0.1, 0.15) is 47.1 Å². The second-order valence-electron chi connectivity index (χ2n) is 7.16. The van der Waals surface area contributed by atoms with Crippen molar-refractivity contribution >= 4 is 12.6 Å². The molecule has 0 atom stereocenters. The lowest BCUT2D eigenvalue weighted by Gasteiger charge is -2.32. The molecule has 5 heteroatoms. The first-order valence-corrected chi connectivity index (χ1v) is 7.69. The van der Waals surface area contributed by atoms with Crippen molar-refractivity contribution in [2.45, 2.75) is 52.7 Å². The molecule has 0 unspecified atom stereocenters. The first kappa shape index (κ1) is 16.9. The van der Waals surface area contributed by atoms with Crippen LogP contribution in [0, 0.1) is 17.2 Å². The third-order valence-electron chi connectivity index (χ3n) is 4.22. The standard InChI is InChI=1S/C17H24BNO3/c1-12(2)11-20-15-9-14(8-7-13(15)10-19)18-21-16(3,4)17(5,6)22-18/h7-9,12H,11H2,1-6H3. The molecule has 0 aromatic heterocycles. The summed E-state index contributed by atoms with van der Waals surface area (Å²) in [5, 5.41) is 9.21. The van der Waals surface area contributed by atoms with Gasteiger partial charge < -0.3 is 14.0 Å². The first-order valence-electron chi connectivity index (χ1n) is 7.69. The average Bonchev–Trinajstić information content (AvgIpc) is 2.64. The number of ether oxygens (including phenoxy) is 1. The monoisotopic (exact) mass is 301 g/mol. The van der Waals surface area contributed by atoms with E-state index in [-0.39, 0.29) is 11.2 Å². The molecule has 0 saturated carbocycles. The lowest BCUT2D eigenvalue weighted by Crippen LogP contribution is -2.41. The zero-order chi connectivity index (χ0) is 16.5. The third-order valence-corrected chi connectivity index (χ3v) is 4.22. The van der Waals surface area contributed by atoms with Gasteiger partial charge in [-0.05, 0) is 51.2 Å². The van der Waals surface area contributed by atoms with Crippen LogP contribution in [0.5, 0.6) is 5.75 Å². The van der Waals surface area contributed by atoms with E-state index in [1.807, 2.05) is 39.8 Å². The van der Waals surface area contributed by atoms with Gasteiger partial charge in [0.1, 0.15) is 11.8 Å². The molecule has 1 fully saturated rings. The number of hydrogen-bond donors (Lipinski definition) is 0. The number of nitriles is 1. The highest BCUT2D eigenvalue weighted by molar-refractivity contribution is 6.62. The van der Waals surface area contributed by atoms with E-state index in [9.17, 15) is 5.26 Å². The fraction of sp³-hybridized carbons (Fsp3) is 0.588. The van der Waals surface area contributed by atoms with Crippen LogP contribution in [0.15, 0.2) is 18.2 Å². The van der Waals surface area contributed by atoms with Crippen molar-refractivity contribution in [3.8, 4) is 11.8 Å². The normalized spacial score (nSPS) is 19.3. The smallest absolute Gasteiger partial charge is 0.492 e.